The quantitative estimate of drug-likeness (QED) is 0.500. The van der Waals surface area contributed by atoms with Gasteiger partial charge in [0.15, 0.2) is 18.1 Å². The van der Waals surface area contributed by atoms with Crippen LogP contribution < -0.4 is 30.0 Å². The molecular weight excluding hydrogens is 426 g/mol. The summed E-state index contributed by atoms with van der Waals surface area (Å²) < 4.78 is 41.8. The molecule has 0 aliphatic carbocycles. The largest absolute Gasteiger partial charge is 0.493 e. The molecule has 0 saturated carbocycles. The normalized spacial score (nSPS) is 10.8. The molecule has 2 aromatic rings. The van der Waals surface area contributed by atoms with E-state index in [1.165, 1.54) is 26.4 Å². The van der Waals surface area contributed by atoms with Gasteiger partial charge >= 0.3 is 0 Å². The predicted molar refractivity (Wildman–Crippen MR) is 116 cm³/mol. The summed E-state index contributed by atoms with van der Waals surface area (Å²) in [6.07, 6.45) is 0. The smallest absolute Gasteiger partial charge is 0.255 e. The Hall–Kier alpha value is -3.47. The highest BCUT2D eigenvalue weighted by molar-refractivity contribution is 7.92. The molecule has 2 aromatic carbocycles. The van der Waals surface area contributed by atoms with Crippen LogP contribution in [0.25, 0.3) is 0 Å². The molecule has 0 fully saturated rings. The molecule has 2 rings (SSSR count). The molecule has 168 valence electrons. The fourth-order valence-corrected chi connectivity index (χ4v) is 3.30. The van der Waals surface area contributed by atoms with Crippen molar-refractivity contribution in [3.05, 3.63) is 41.5 Å². The number of amides is 2. The van der Waals surface area contributed by atoms with Crippen LogP contribution in [-0.4, -0.2) is 46.8 Å². The van der Waals surface area contributed by atoms with E-state index in [1.54, 1.807) is 32.0 Å². The summed E-state index contributed by atoms with van der Waals surface area (Å²) in [5, 5.41) is 2.73. The van der Waals surface area contributed by atoms with Crippen LogP contribution in [0.1, 0.15) is 22.8 Å². The van der Waals surface area contributed by atoms with Crippen molar-refractivity contribution >= 4 is 33.2 Å². The molecule has 0 aromatic heterocycles. The second-order valence-electron chi connectivity index (χ2n) is 6.45. The minimum Gasteiger partial charge on any atom is -0.493 e. The van der Waals surface area contributed by atoms with Gasteiger partial charge in [0, 0.05) is 11.3 Å². The molecule has 0 bridgehead atoms. The summed E-state index contributed by atoms with van der Waals surface area (Å²) in [6.45, 7) is 2.88. The highest BCUT2D eigenvalue weighted by Crippen LogP contribution is 2.38. The third-order valence-electron chi connectivity index (χ3n) is 4.21. The number of nitrogens with one attached hydrogen (secondary N) is 2. The number of rotatable bonds is 10. The van der Waals surface area contributed by atoms with Gasteiger partial charge in [-0.2, -0.15) is 0 Å². The van der Waals surface area contributed by atoms with Crippen molar-refractivity contribution < 1.29 is 32.2 Å². The molecule has 2 amide bonds. The lowest BCUT2D eigenvalue weighted by Crippen LogP contribution is -2.20. The highest BCUT2D eigenvalue weighted by Gasteiger charge is 2.19. The zero-order valence-corrected chi connectivity index (χ0v) is 18.5. The molecule has 0 saturated heterocycles. The molecule has 0 atom stereocenters. The van der Waals surface area contributed by atoms with Gasteiger partial charge in [-0.1, -0.05) is 0 Å². The molecule has 10 nitrogen and oxygen atoms in total. The van der Waals surface area contributed by atoms with Gasteiger partial charge in [0.1, 0.15) is 0 Å². The number of nitrogens with two attached hydrogens (primary N) is 1. The number of hydrogen-bond donors (Lipinski definition) is 3. The van der Waals surface area contributed by atoms with E-state index in [1.807, 2.05) is 0 Å². The molecular formula is C20H25N3O7S. The molecule has 4 N–H and O–H groups in total. The second kappa shape index (κ2) is 10.0. The van der Waals surface area contributed by atoms with Gasteiger partial charge in [-0.15, -0.1) is 0 Å². The summed E-state index contributed by atoms with van der Waals surface area (Å²) in [5.41, 5.74) is 6.86. The summed E-state index contributed by atoms with van der Waals surface area (Å²) >= 11 is 0. The van der Waals surface area contributed by atoms with Gasteiger partial charge in [0.2, 0.25) is 15.8 Å². The Balaban J connectivity index is 2.27. The topological polar surface area (TPSA) is 146 Å². The number of hydrogen-bond acceptors (Lipinski definition) is 7. The summed E-state index contributed by atoms with van der Waals surface area (Å²) in [7, 11) is -0.646. The second-order valence-corrected chi connectivity index (χ2v) is 8.47. The van der Waals surface area contributed by atoms with Crippen molar-refractivity contribution in [3.63, 3.8) is 0 Å². The molecule has 11 heteroatoms. The number of carbonyl (C=O) groups is 2. The van der Waals surface area contributed by atoms with Gasteiger partial charge in [0.05, 0.1) is 25.7 Å². The number of methoxy groups -OCH3 is 2. The lowest BCUT2D eigenvalue weighted by atomic mass is 10.1. The molecule has 0 spiro atoms. The minimum absolute atomic E-state index is 0.0479. The van der Waals surface area contributed by atoms with Crippen molar-refractivity contribution in [3.8, 4) is 17.2 Å². The molecule has 0 unspecified atom stereocenters. The fourth-order valence-electron chi connectivity index (χ4n) is 2.60. The number of anilines is 2. The molecule has 0 aliphatic heterocycles. The number of primary amides is 1. The van der Waals surface area contributed by atoms with E-state index in [4.69, 9.17) is 19.9 Å². The molecule has 0 radical (unpaired) electrons. The third-order valence-corrected chi connectivity index (χ3v) is 5.50. The zero-order valence-electron chi connectivity index (χ0n) is 17.6. The predicted octanol–water partition coefficient (Wildman–Crippen LogP) is 1.89. The third kappa shape index (κ3) is 6.25. The summed E-state index contributed by atoms with van der Waals surface area (Å²) in [4.78, 5) is 23.8. The number of benzene rings is 2. The van der Waals surface area contributed by atoms with E-state index in [9.17, 15) is 18.0 Å². The fraction of sp³-hybridized carbons (Fsp3) is 0.300. The first kappa shape index (κ1) is 23.8. The maximum absolute atomic E-state index is 12.8. The van der Waals surface area contributed by atoms with E-state index in [-0.39, 0.29) is 35.2 Å². The van der Waals surface area contributed by atoms with Crippen LogP contribution in [-0.2, 0) is 14.8 Å². The number of ether oxygens (including phenoxy) is 3. The highest BCUT2D eigenvalue weighted by atomic mass is 32.2. The first-order chi connectivity index (χ1) is 14.6. The standard InChI is InChI=1S/C20H25N3O7S/c1-5-31(26,27)23-15-7-6-14(8-12(15)2)22-20(25)13-9-16(28-3)19(17(10-13)29-4)30-11-18(21)24/h6-10,23H,5,11H2,1-4H3,(H2,21,24)(H,22,25). The SMILES string of the molecule is CCS(=O)(=O)Nc1ccc(NC(=O)c2cc(OC)c(OCC(N)=O)c(OC)c2)cc1C. The summed E-state index contributed by atoms with van der Waals surface area (Å²) in [6, 6.07) is 7.66. The van der Waals surface area contributed by atoms with Crippen LogP contribution in [0, 0.1) is 6.92 Å². The Bertz CT molecular complexity index is 1060. The zero-order chi connectivity index (χ0) is 23.2. The average molecular weight is 452 g/mol. The van der Waals surface area contributed by atoms with Crippen molar-refractivity contribution in [2.75, 3.05) is 36.6 Å². The first-order valence-corrected chi connectivity index (χ1v) is 10.8. The Morgan fingerprint density at radius 3 is 2.16 bits per heavy atom. The lowest BCUT2D eigenvalue weighted by Gasteiger charge is -2.16. The molecule has 0 heterocycles. The minimum atomic E-state index is -3.41. The van der Waals surface area contributed by atoms with Crippen LogP contribution in [0.3, 0.4) is 0 Å². The summed E-state index contributed by atoms with van der Waals surface area (Å²) in [5.74, 6) is -0.667. The van der Waals surface area contributed by atoms with Gasteiger partial charge in [-0.25, -0.2) is 8.42 Å². The van der Waals surface area contributed by atoms with E-state index >= 15 is 0 Å². The Labute approximate surface area is 180 Å². The van der Waals surface area contributed by atoms with E-state index in [0.29, 0.717) is 16.9 Å². The number of sulfonamides is 1. The van der Waals surface area contributed by atoms with Crippen LogP contribution in [0.2, 0.25) is 0 Å². The average Bonchev–Trinajstić information content (AvgIpc) is 2.73. The van der Waals surface area contributed by atoms with E-state index in [2.05, 4.69) is 10.0 Å². The monoisotopic (exact) mass is 451 g/mol. The van der Waals surface area contributed by atoms with Gasteiger partial charge in [-0.3, -0.25) is 14.3 Å². The lowest BCUT2D eigenvalue weighted by molar-refractivity contribution is -0.120. The van der Waals surface area contributed by atoms with E-state index in [0.717, 1.165) is 0 Å². The van der Waals surface area contributed by atoms with Crippen LogP contribution in [0.15, 0.2) is 30.3 Å². The van der Waals surface area contributed by atoms with Crippen LogP contribution >= 0.6 is 0 Å². The van der Waals surface area contributed by atoms with Crippen molar-refractivity contribution in [1.29, 1.82) is 0 Å². The van der Waals surface area contributed by atoms with Gasteiger partial charge in [-0.05, 0) is 49.7 Å². The molecule has 0 aliphatic rings. The molecule has 31 heavy (non-hydrogen) atoms. The number of aryl methyl sites for hydroxylation is 1. The maximum Gasteiger partial charge on any atom is 0.255 e. The Kier molecular flexibility index (Phi) is 7.70. The van der Waals surface area contributed by atoms with Crippen molar-refractivity contribution in [2.45, 2.75) is 13.8 Å². The van der Waals surface area contributed by atoms with E-state index < -0.39 is 21.8 Å². The van der Waals surface area contributed by atoms with Crippen molar-refractivity contribution in [1.82, 2.24) is 0 Å². The Morgan fingerprint density at radius 2 is 1.68 bits per heavy atom. The van der Waals surface area contributed by atoms with Crippen LogP contribution in [0.4, 0.5) is 11.4 Å². The van der Waals surface area contributed by atoms with Crippen LogP contribution in [0.5, 0.6) is 17.2 Å². The van der Waals surface area contributed by atoms with Gasteiger partial charge < -0.3 is 25.3 Å². The first-order valence-electron chi connectivity index (χ1n) is 9.19. The Morgan fingerprint density at radius 1 is 1.06 bits per heavy atom. The van der Waals surface area contributed by atoms with Crippen molar-refractivity contribution in [2.24, 2.45) is 5.73 Å². The number of carbonyl (C=O) groups excluding carboxylic acids is 2. The van der Waals surface area contributed by atoms with Gasteiger partial charge in [0.25, 0.3) is 11.8 Å². The maximum atomic E-state index is 12.8.